The highest BCUT2D eigenvalue weighted by atomic mass is 31.2. The number of imidazole rings is 1. The molecular formula is C25H33N6O8P. The van der Waals surface area contributed by atoms with Gasteiger partial charge < -0.3 is 38.8 Å². The lowest BCUT2D eigenvalue weighted by Crippen LogP contribution is -2.56. The molecule has 2 saturated heterocycles. The molecule has 5 rings (SSSR count). The molecule has 40 heavy (non-hydrogen) atoms. The molecule has 4 heterocycles. The van der Waals surface area contributed by atoms with Gasteiger partial charge in [-0.15, -0.1) is 0 Å². The minimum atomic E-state index is -1.84. The standard InChI is InChI=1S/C25H33N6O8P/c1-14(2)37-22(33)15(3)30-40(39-16-8-6-5-7-9-16)36-12-17-19(32)25(10-11-35-25)23(38-17)31-13-27-18-20(31)28-24(26)29-21(18)34-4/h5-9,13-15,17,19,23,30,32H,10-12H2,1-4H3,(H2,26,28,29)/t15-,17?,19+,23?,25+,40?/m0/s1. The predicted octanol–water partition coefficient (Wildman–Crippen LogP) is 2.09. The van der Waals surface area contributed by atoms with E-state index in [0.29, 0.717) is 29.9 Å². The van der Waals surface area contributed by atoms with E-state index in [1.807, 2.05) is 18.2 Å². The molecule has 1 aromatic carbocycles. The molecule has 2 aliphatic heterocycles. The van der Waals surface area contributed by atoms with Gasteiger partial charge in [0, 0.05) is 6.42 Å². The number of hydrogen-bond acceptors (Lipinski definition) is 13. The number of aliphatic hydroxyl groups excluding tert-OH is 1. The van der Waals surface area contributed by atoms with E-state index in [4.69, 9.17) is 33.7 Å². The fraction of sp³-hybridized carbons (Fsp3) is 0.520. The summed E-state index contributed by atoms with van der Waals surface area (Å²) in [6.45, 7) is 5.61. The number of para-hydroxylation sites is 1. The number of esters is 1. The van der Waals surface area contributed by atoms with Gasteiger partial charge in [-0.1, -0.05) is 18.2 Å². The lowest BCUT2D eigenvalue weighted by molar-refractivity contribution is -0.225. The molecule has 0 radical (unpaired) electrons. The van der Waals surface area contributed by atoms with Gasteiger partial charge in [0.05, 0.1) is 32.8 Å². The number of nitrogens with two attached hydrogens (primary N) is 1. The van der Waals surface area contributed by atoms with Crippen LogP contribution in [0.25, 0.3) is 11.2 Å². The van der Waals surface area contributed by atoms with E-state index < -0.39 is 44.6 Å². The third-order valence-corrected chi connectivity index (χ3v) is 7.94. The van der Waals surface area contributed by atoms with Crippen LogP contribution in [0.1, 0.15) is 33.4 Å². The van der Waals surface area contributed by atoms with E-state index in [-0.39, 0.29) is 24.5 Å². The number of carbonyl (C=O) groups excluding carboxylic acids is 1. The van der Waals surface area contributed by atoms with E-state index in [2.05, 4.69) is 20.0 Å². The molecule has 2 aromatic heterocycles. The van der Waals surface area contributed by atoms with Gasteiger partial charge in [0.1, 0.15) is 29.6 Å². The first kappa shape index (κ1) is 28.4. The van der Waals surface area contributed by atoms with Gasteiger partial charge in [0.15, 0.2) is 17.4 Å². The Bertz CT molecular complexity index is 1320. The van der Waals surface area contributed by atoms with Crippen molar-refractivity contribution in [3.05, 3.63) is 36.7 Å². The number of hydrogen-bond donors (Lipinski definition) is 3. The molecule has 2 aliphatic rings. The van der Waals surface area contributed by atoms with Crippen molar-refractivity contribution in [3.63, 3.8) is 0 Å². The number of anilines is 1. The predicted molar refractivity (Wildman–Crippen MR) is 143 cm³/mol. The highest BCUT2D eigenvalue weighted by molar-refractivity contribution is 7.45. The van der Waals surface area contributed by atoms with Crippen LogP contribution in [0.2, 0.25) is 0 Å². The summed E-state index contributed by atoms with van der Waals surface area (Å²) < 4.78 is 36.6. The summed E-state index contributed by atoms with van der Waals surface area (Å²) in [5, 5.41) is 14.4. The second-order valence-electron chi connectivity index (χ2n) is 9.73. The number of nitrogens with zero attached hydrogens (tertiary/aromatic N) is 4. The van der Waals surface area contributed by atoms with Crippen molar-refractivity contribution < 1.29 is 37.9 Å². The van der Waals surface area contributed by atoms with Crippen LogP contribution in [0, 0.1) is 0 Å². The first-order chi connectivity index (χ1) is 19.2. The Morgan fingerprint density at radius 2 is 2.05 bits per heavy atom. The average Bonchev–Trinajstić information content (AvgIpc) is 3.44. The van der Waals surface area contributed by atoms with Gasteiger partial charge in [-0.2, -0.15) is 9.97 Å². The molecule has 14 nitrogen and oxygen atoms in total. The largest absolute Gasteiger partial charge is 0.479 e. The van der Waals surface area contributed by atoms with Crippen LogP contribution in [0.3, 0.4) is 0 Å². The third-order valence-electron chi connectivity index (χ3n) is 6.58. The molecule has 3 aromatic rings. The number of methoxy groups -OCH3 is 1. The second kappa shape index (κ2) is 11.8. The molecule has 0 aliphatic carbocycles. The first-order valence-corrected chi connectivity index (χ1v) is 14.0. The van der Waals surface area contributed by atoms with Gasteiger partial charge >= 0.3 is 14.5 Å². The van der Waals surface area contributed by atoms with E-state index in [0.717, 1.165) is 0 Å². The summed E-state index contributed by atoms with van der Waals surface area (Å²) >= 11 is 0. The van der Waals surface area contributed by atoms with Crippen LogP contribution in [0.4, 0.5) is 5.95 Å². The van der Waals surface area contributed by atoms with Crippen LogP contribution >= 0.6 is 8.53 Å². The van der Waals surface area contributed by atoms with E-state index in [1.54, 1.807) is 37.5 Å². The number of nitrogen functional groups attached to an aromatic ring is 1. The molecule has 216 valence electrons. The Morgan fingerprint density at radius 3 is 2.70 bits per heavy atom. The molecule has 6 atom stereocenters. The molecule has 1 spiro atoms. The molecule has 0 amide bonds. The number of aliphatic hydroxyl groups is 1. The number of aromatic nitrogens is 4. The highest BCUT2D eigenvalue weighted by Crippen LogP contribution is 2.50. The van der Waals surface area contributed by atoms with Crippen LogP contribution in [-0.4, -0.2) is 80.9 Å². The van der Waals surface area contributed by atoms with Crippen molar-refractivity contribution in [2.24, 2.45) is 0 Å². The number of nitrogens with one attached hydrogen (secondary N) is 1. The number of ether oxygens (including phenoxy) is 4. The summed E-state index contributed by atoms with van der Waals surface area (Å²) in [5.74, 6) is 0.341. The van der Waals surface area contributed by atoms with Gasteiger partial charge in [0.2, 0.25) is 11.8 Å². The summed E-state index contributed by atoms with van der Waals surface area (Å²) in [6, 6.07) is 8.35. The summed E-state index contributed by atoms with van der Waals surface area (Å²) in [6.07, 6.45) is -0.812. The maximum Gasteiger partial charge on any atom is 0.323 e. The van der Waals surface area contributed by atoms with E-state index >= 15 is 0 Å². The monoisotopic (exact) mass is 576 g/mol. The normalized spacial score (nSPS) is 25.6. The first-order valence-electron chi connectivity index (χ1n) is 12.9. The zero-order valence-corrected chi connectivity index (χ0v) is 23.5. The highest BCUT2D eigenvalue weighted by Gasteiger charge is 2.62. The zero-order valence-electron chi connectivity index (χ0n) is 22.6. The Kier molecular flexibility index (Phi) is 8.36. The van der Waals surface area contributed by atoms with Crippen molar-refractivity contribution in [1.82, 2.24) is 24.6 Å². The summed E-state index contributed by atoms with van der Waals surface area (Å²) in [7, 11) is -0.375. The Labute approximate surface area is 232 Å². The molecule has 0 bridgehead atoms. The fourth-order valence-electron chi connectivity index (χ4n) is 4.59. The van der Waals surface area contributed by atoms with Gasteiger partial charge in [-0.05, 0) is 32.9 Å². The van der Waals surface area contributed by atoms with Crippen molar-refractivity contribution in [2.45, 2.75) is 63.4 Å². The SMILES string of the molecule is COc1nc(N)nc2c1ncn2C1OC(COP(N[C@@H](C)C(=O)OC(C)C)Oc2ccccc2)[C@@H](O)[C@]12CCO2. The van der Waals surface area contributed by atoms with Gasteiger partial charge in [0.25, 0.3) is 0 Å². The van der Waals surface area contributed by atoms with Crippen LogP contribution < -0.4 is 20.1 Å². The maximum absolute atomic E-state index is 12.4. The summed E-state index contributed by atoms with van der Waals surface area (Å²) in [5.41, 5.74) is 5.63. The second-order valence-corrected chi connectivity index (χ2v) is 10.9. The van der Waals surface area contributed by atoms with Crippen molar-refractivity contribution in [1.29, 1.82) is 0 Å². The maximum atomic E-state index is 12.4. The number of fused-ring (bicyclic) bond motifs is 1. The smallest absolute Gasteiger partial charge is 0.323 e. The minimum Gasteiger partial charge on any atom is -0.479 e. The molecule has 4 N–H and O–H groups in total. The van der Waals surface area contributed by atoms with E-state index in [9.17, 15) is 9.90 Å². The van der Waals surface area contributed by atoms with E-state index in [1.165, 1.54) is 13.4 Å². The van der Waals surface area contributed by atoms with Crippen molar-refractivity contribution >= 4 is 31.6 Å². The number of rotatable bonds is 11. The van der Waals surface area contributed by atoms with Gasteiger partial charge in [-0.25, -0.2) is 10.1 Å². The number of benzene rings is 1. The number of carbonyl (C=O) groups is 1. The fourth-order valence-corrected chi connectivity index (χ4v) is 5.78. The Hall–Kier alpha value is -3.13. The van der Waals surface area contributed by atoms with Crippen LogP contribution in [0.15, 0.2) is 36.7 Å². The van der Waals surface area contributed by atoms with Crippen molar-refractivity contribution in [3.8, 4) is 11.6 Å². The van der Waals surface area contributed by atoms with Crippen LogP contribution in [0.5, 0.6) is 11.6 Å². The lowest BCUT2D eigenvalue weighted by atomic mass is 9.86. The molecule has 3 unspecified atom stereocenters. The third kappa shape index (κ3) is 5.55. The summed E-state index contributed by atoms with van der Waals surface area (Å²) in [4.78, 5) is 25.2. The zero-order chi connectivity index (χ0) is 28.4. The lowest BCUT2D eigenvalue weighted by Gasteiger charge is -2.44. The molecule has 0 saturated carbocycles. The molecular weight excluding hydrogens is 543 g/mol. The Morgan fingerprint density at radius 1 is 1.30 bits per heavy atom. The molecule has 15 heteroatoms. The topological polar surface area (TPSA) is 174 Å². The average molecular weight is 577 g/mol. The minimum absolute atomic E-state index is 0.00740. The van der Waals surface area contributed by atoms with Crippen molar-refractivity contribution in [2.75, 3.05) is 26.1 Å². The van der Waals surface area contributed by atoms with Crippen LogP contribution in [-0.2, 0) is 23.5 Å². The van der Waals surface area contributed by atoms with Gasteiger partial charge in [-0.3, -0.25) is 9.36 Å². The molecule has 2 fully saturated rings. The Balaban J connectivity index is 1.34. The quantitative estimate of drug-likeness (QED) is 0.224.